The number of carbonyl (C=O) groups is 2. The van der Waals surface area contributed by atoms with Crippen LogP contribution in [-0.2, 0) is 14.2 Å². The zero-order chi connectivity index (χ0) is 26.7. The van der Waals surface area contributed by atoms with E-state index in [0.717, 1.165) is 13.0 Å². The van der Waals surface area contributed by atoms with Crippen LogP contribution in [0.2, 0.25) is 0 Å². The van der Waals surface area contributed by atoms with Crippen molar-refractivity contribution in [3.8, 4) is 0 Å². The van der Waals surface area contributed by atoms with Gasteiger partial charge < -0.3 is 35.3 Å². The fourth-order valence-corrected chi connectivity index (χ4v) is 3.19. The molecule has 0 radical (unpaired) electrons. The van der Waals surface area contributed by atoms with Crippen LogP contribution in [0.4, 0.5) is 9.59 Å². The standard InChI is InChI=1S/C13H28N2O3.C12H23NO3/c1-9(2)7-10(11(16)8-14-6)15-12(17)18-13(3,4)5;1-8(2)6-9(10-7-15-10)13-11(14)16-12(3,4)5/h9-11,14,16H,7-8H2,1-6H3,(H,15,17);8-10H,6-7H2,1-5H3,(H,13,14)/t10-,11-;9-,10-/m00/s1. The molecule has 1 aliphatic heterocycles. The first-order valence-corrected chi connectivity index (χ1v) is 12.4. The monoisotopic (exact) mass is 489 g/mol. The van der Waals surface area contributed by atoms with Gasteiger partial charge in [0.25, 0.3) is 0 Å². The van der Waals surface area contributed by atoms with Crippen molar-refractivity contribution in [2.45, 2.75) is 118 Å². The average Bonchev–Trinajstić information content (AvgIpc) is 3.42. The minimum atomic E-state index is -0.620. The second kappa shape index (κ2) is 14.7. The summed E-state index contributed by atoms with van der Waals surface area (Å²) < 4.78 is 15.7. The van der Waals surface area contributed by atoms with Gasteiger partial charge in [-0.2, -0.15) is 0 Å². The number of nitrogens with one attached hydrogen (secondary N) is 3. The van der Waals surface area contributed by atoms with Gasteiger partial charge in [0.2, 0.25) is 0 Å². The lowest BCUT2D eigenvalue weighted by Gasteiger charge is -2.27. The Hall–Kier alpha value is -1.58. The SMILES string of the molecule is CC(C)C[C@H](NC(=O)OC(C)(C)C)[C@@H]1CO1.CNC[C@H](O)[C@H](CC(C)C)NC(=O)OC(C)(C)C. The van der Waals surface area contributed by atoms with Crippen LogP contribution in [0.15, 0.2) is 0 Å². The summed E-state index contributed by atoms with van der Waals surface area (Å²) in [4.78, 5) is 23.3. The Bertz CT molecular complexity index is 594. The maximum Gasteiger partial charge on any atom is 0.407 e. The van der Waals surface area contributed by atoms with Crippen LogP contribution in [-0.4, -0.2) is 73.0 Å². The molecule has 4 N–H and O–H groups in total. The summed E-state index contributed by atoms with van der Waals surface area (Å²) in [6.07, 6.45) is 0.350. The van der Waals surface area contributed by atoms with Crippen molar-refractivity contribution in [2.75, 3.05) is 20.2 Å². The Balaban J connectivity index is 0.000000644. The molecule has 0 aliphatic carbocycles. The van der Waals surface area contributed by atoms with Crippen molar-refractivity contribution in [1.82, 2.24) is 16.0 Å². The molecular formula is C25H51N3O6. The van der Waals surface area contributed by atoms with Crippen LogP contribution in [0.1, 0.15) is 82.1 Å². The lowest BCUT2D eigenvalue weighted by Crippen LogP contribution is -2.49. The quantitative estimate of drug-likeness (QED) is 0.344. The molecule has 202 valence electrons. The van der Waals surface area contributed by atoms with Crippen molar-refractivity contribution < 1.29 is 28.9 Å². The number of carbonyl (C=O) groups excluding carboxylic acids is 2. The highest BCUT2D eigenvalue weighted by Crippen LogP contribution is 2.20. The number of likely N-dealkylation sites (N-methyl/N-ethyl adjacent to an activating group) is 1. The molecule has 1 fully saturated rings. The van der Waals surface area contributed by atoms with Crippen LogP contribution in [0.3, 0.4) is 0 Å². The van der Waals surface area contributed by atoms with Crippen LogP contribution >= 0.6 is 0 Å². The van der Waals surface area contributed by atoms with Gasteiger partial charge in [0.05, 0.1) is 24.8 Å². The van der Waals surface area contributed by atoms with E-state index in [1.54, 1.807) is 7.05 Å². The van der Waals surface area contributed by atoms with Gasteiger partial charge in [-0.25, -0.2) is 9.59 Å². The molecule has 1 rings (SSSR count). The van der Waals surface area contributed by atoms with Gasteiger partial charge in [0.1, 0.15) is 17.3 Å². The van der Waals surface area contributed by atoms with Gasteiger partial charge in [0.15, 0.2) is 0 Å². The summed E-state index contributed by atoms with van der Waals surface area (Å²) in [6.45, 7) is 20.6. The van der Waals surface area contributed by atoms with Crippen LogP contribution in [0.25, 0.3) is 0 Å². The molecule has 0 bridgehead atoms. The minimum absolute atomic E-state index is 0.0786. The third-order valence-electron chi connectivity index (χ3n) is 4.54. The maximum atomic E-state index is 11.7. The van der Waals surface area contributed by atoms with Crippen LogP contribution < -0.4 is 16.0 Å². The molecule has 0 unspecified atom stereocenters. The predicted octanol–water partition coefficient (Wildman–Crippen LogP) is 3.83. The maximum absolute atomic E-state index is 11.7. The first kappa shape index (κ1) is 32.4. The van der Waals surface area contributed by atoms with E-state index in [-0.39, 0.29) is 24.3 Å². The Morgan fingerprint density at radius 3 is 1.71 bits per heavy atom. The molecule has 0 aromatic heterocycles. The summed E-state index contributed by atoms with van der Waals surface area (Å²) in [5.74, 6) is 0.917. The van der Waals surface area contributed by atoms with Crippen molar-refractivity contribution in [3.05, 3.63) is 0 Å². The Kier molecular flexibility index (Phi) is 14.1. The minimum Gasteiger partial charge on any atom is -0.444 e. The summed E-state index contributed by atoms with van der Waals surface area (Å²) >= 11 is 0. The number of hydrogen-bond donors (Lipinski definition) is 4. The number of hydrogen-bond acceptors (Lipinski definition) is 7. The van der Waals surface area contributed by atoms with E-state index in [9.17, 15) is 14.7 Å². The summed E-state index contributed by atoms with van der Waals surface area (Å²) in [7, 11) is 1.77. The van der Waals surface area contributed by atoms with Crippen LogP contribution in [0, 0.1) is 11.8 Å². The fraction of sp³-hybridized carbons (Fsp3) is 0.920. The predicted molar refractivity (Wildman–Crippen MR) is 135 cm³/mol. The van der Waals surface area contributed by atoms with Crippen molar-refractivity contribution in [3.63, 3.8) is 0 Å². The first-order chi connectivity index (χ1) is 15.4. The van der Waals surface area contributed by atoms with Crippen molar-refractivity contribution >= 4 is 12.2 Å². The molecule has 2 amide bonds. The topological polar surface area (TPSA) is 121 Å². The molecule has 1 saturated heterocycles. The first-order valence-electron chi connectivity index (χ1n) is 12.4. The Labute approximate surface area is 207 Å². The third-order valence-corrected chi connectivity index (χ3v) is 4.54. The summed E-state index contributed by atoms with van der Waals surface area (Å²) in [6, 6.07) is -0.220. The van der Waals surface area contributed by atoms with E-state index in [4.69, 9.17) is 14.2 Å². The van der Waals surface area contributed by atoms with E-state index in [1.165, 1.54) is 0 Å². The highest BCUT2D eigenvalue weighted by Gasteiger charge is 2.35. The Morgan fingerprint density at radius 1 is 0.912 bits per heavy atom. The van der Waals surface area contributed by atoms with Gasteiger partial charge in [0, 0.05) is 6.54 Å². The largest absolute Gasteiger partial charge is 0.444 e. The fourth-order valence-electron chi connectivity index (χ4n) is 3.19. The number of epoxide rings is 1. The van der Waals surface area contributed by atoms with Gasteiger partial charge in [-0.3, -0.25) is 0 Å². The van der Waals surface area contributed by atoms with Crippen LogP contribution in [0.5, 0.6) is 0 Å². The number of aliphatic hydroxyl groups is 1. The van der Waals surface area contributed by atoms with Gasteiger partial charge in [-0.15, -0.1) is 0 Å². The summed E-state index contributed by atoms with van der Waals surface area (Å²) in [5, 5.41) is 18.5. The molecule has 34 heavy (non-hydrogen) atoms. The van der Waals surface area contributed by atoms with Gasteiger partial charge in [-0.05, 0) is 73.3 Å². The molecule has 1 heterocycles. The molecule has 9 nitrogen and oxygen atoms in total. The Morgan fingerprint density at radius 2 is 1.35 bits per heavy atom. The zero-order valence-corrected chi connectivity index (χ0v) is 23.3. The second-order valence-corrected chi connectivity index (χ2v) is 11.8. The van der Waals surface area contributed by atoms with E-state index < -0.39 is 23.4 Å². The molecule has 1 aliphatic rings. The van der Waals surface area contributed by atoms with E-state index >= 15 is 0 Å². The van der Waals surface area contributed by atoms with Crippen molar-refractivity contribution in [2.24, 2.45) is 11.8 Å². The summed E-state index contributed by atoms with van der Waals surface area (Å²) in [5.41, 5.74) is -0.975. The number of ether oxygens (including phenoxy) is 3. The zero-order valence-electron chi connectivity index (χ0n) is 23.3. The molecule has 9 heteroatoms. The van der Waals surface area contributed by atoms with E-state index in [0.29, 0.717) is 24.8 Å². The number of alkyl carbamates (subject to hydrolysis) is 2. The number of aliphatic hydroxyl groups excluding tert-OH is 1. The smallest absolute Gasteiger partial charge is 0.407 e. The lowest BCUT2D eigenvalue weighted by atomic mass is 9.99. The normalized spacial score (nSPS) is 18.4. The van der Waals surface area contributed by atoms with E-state index in [2.05, 4.69) is 43.6 Å². The number of rotatable bonds is 10. The molecular weight excluding hydrogens is 438 g/mol. The third kappa shape index (κ3) is 17.8. The van der Waals surface area contributed by atoms with Gasteiger partial charge in [-0.1, -0.05) is 27.7 Å². The molecule has 0 aromatic carbocycles. The average molecular weight is 490 g/mol. The highest BCUT2D eigenvalue weighted by molar-refractivity contribution is 5.68. The lowest BCUT2D eigenvalue weighted by molar-refractivity contribution is 0.0405. The van der Waals surface area contributed by atoms with Crippen molar-refractivity contribution in [1.29, 1.82) is 0 Å². The molecule has 0 saturated carbocycles. The molecule has 4 atom stereocenters. The molecule has 0 aromatic rings. The van der Waals surface area contributed by atoms with E-state index in [1.807, 2.05) is 41.5 Å². The van der Waals surface area contributed by atoms with Gasteiger partial charge >= 0.3 is 12.2 Å². The second-order valence-electron chi connectivity index (χ2n) is 11.8. The highest BCUT2D eigenvalue weighted by atomic mass is 16.6. The molecule has 0 spiro atoms. The number of amides is 2.